The van der Waals surface area contributed by atoms with Crippen molar-refractivity contribution in [3.63, 3.8) is 0 Å². The van der Waals surface area contributed by atoms with E-state index >= 15 is 0 Å². The molecule has 0 bridgehead atoms. The van der Waals surface area contributed by atoms with Gasteiger partial charge in [-0.3, -0.25) is 38.4 Å². The van der Waals surface area contributed by atoms with Crippen LogP contribution < -0.4 is 28.4 Å². The number of carbonyl (C=O) groups excluding carboxylic acids is 8. The molecule has 14 nitrogen and oxygen atoms in total. The number of carbonyl (C=O) groups is 8. The number of rotatable bonds is 22. The average Bonchev–Trinajstić information content (AvgIpc) is 0.778. The molecule has 4 aliphatic heterocycles. The molecule has 4 aliphatic rings. The van der Waals surface area contributed by atoms with Crippen molar-refractivity contribution in [2.24, 2.45) is 0 Å². The molecule has 0 fully saturated rings. The smallest absolute Gasteiger partial charge is 0.475 e. The number of fused-ring (bicyclic) bond motifs is 4. The second-order valence-electron chi connectivity index (χ2n) is 23.6. The predicted molar refractivity (Wildman–Crippen MR) is 366 cm³/mol. The summed E-state index contributed by atoms with van der Waals surface area (Å²) in [6.07, 6.45) is -19.7. The van der Waals surface area contributed by atoms with Crippen LogP contribution in [0.3, 0.4) is 0 Å². The SMILES string of the molecule is COc1cccc(C(=O)CCC(=O)c2ccc3c(c2)OC(F)(F)C(F)(F)S3)c1.COc1ccccc1C(=O)CCC(=O)c1ccc2c(c1)OC(F)(F)C(F)(F)S2.Cc1ccc(C(=O)CCC(=O)c2ccc3c(c2)OC(F)(F)C(F)(F)S3)cc1.O=C(CCC(=O)c1ccc2c(c1)OC(F)(F)C(F)(F)S2)c1ccccc1. The zero-order valence-corrected chi connectivity index (χ0v) is 59.6. The van der Waals surface area contributed by atoms with E-state index in [1.54, 1.807) is 103 Å². The second-order valence-corrected chi connectivity index (χ2v) is 28.3. The molecule has 8 aromatic carbocycles. The molecule has 0 radical (unpaired) electrons. The summed E-state index contributed by atoms with van der Waals surface area (Å²) in [5.74, 6) is -4.06. The van der Waals surface area contributed by atoms with E-state index in [-0.39, 0.29) is 163 Å². The van der Waals surface area contributed by atoms with Gasteiger partial charge < -0.3 is 28.4 Å². The van der Waals surface area contributed by atoms with Gasteiger partial charge in [-0.2, -0.15) is 70.2 Å². The van der Waals surface area contributed by atoms with Crippen molar-refractivity contribution in [1.29, 1.82) is 0 Å². The Morgan fingerprint density at radius 1 is 0.294 bits per heavy atom. The number of methoxy groups -OCH3 is 2. The van der Waals surface area contributed by atoms with Crippen LogP contribution in [0.1, 0.15) is 140 Å². The predicted octanol–water partition coefficient (Wildman–Crippen LogP) is 21.1. The summed E-state index contributed by atoms with van der Waals surface area (Å²) in [5, 5.41) is -17.6. The molecule has 0 saturated carbocycles. The molecule has 0 spiro atoms. The van der Waals surface area contributed by atoms with E-state index in [0.717, 1.165) is 54.1 Å². The number of hydrogen-bond donors (Lipinski definition) is 0. The molecule has 0 saturated heterocycles. The third kappa shape index (κ3) is 20.0. The first kappa shape index (κ1) is 83.2. The van der Waals surface area contributed by atoms with Crippen LogP contribution in [0, 0.1) is 6.92 Å². The topological polar surface area (TPSA) is 192 Å². The van der Waals surface area contributed by atoms with Crippen LogP contribution in [-0.4, -0.2) is 106 Å². The first-order valence-electron chi connectivity index (χ1n) is 31.8. The molecule has 109 heavy (non-hydrogen) atoms. The lowest BCUT2D eigenvalue weighted by Crippen LogP contribution is -2.45. The normalized spacial score (nSPS) is 16.8. The third-order valence-electron chi connectivity index (χ3n) is 15.9. The van der Waals surface area contributed by atoms with E-state index in [0.29, 0.717) is 33.8 Å². The lowest BCUT2D eigenvalue weighted by Gasteiger charge is -2.31. The summed E-state index contributed by atoms with van der Waals surface area (Å²) < 4.78 is 240. The molecule has 0 N–H and O–H groups in total. The van der Waals surface area contributed by atoms with Crippen LogP contribution in [0.2, 0.25) is 0 Å². The fraction of sp³-hybridized carbons (Fsp3) is 0.253. The minimum absolute atomic E-state index is 0.00110. The maximum atomic E-state index is 13.4. The number of aryl methyl sites for hydroxylation is 1. The van der Waals surface area contributed by atoms with Crippen LogP contribution >= 0.6 is 47.0 Å². The zero-order valence-electron chi connectivity index (χ0n) is 56.3. The lowest BCUT2D eigenvalue weighted by molar-refractivity contribution is -0.273. The summed E-state index contributed by atoms with van der Waals surface area (Å²) in [5.41, 5.74) is 2.67. The van der Waals surface area contributed by atoms with Crippen molar-refractivity contribution in [1.82, 2.24) is 0 Å². The Kier molecular flexibility index (Phi) is 25.7. The summed E-state index contributed by atoms with van der Waals surface area (Å²) in [7, 11) is 2.88. The molecule has 8 aromatic rings. The van der Waals surface area contributed by atoms with Crippen LogP contribution in [0.5, 0.6) is 34.5 Å². The van der Waals surface area contributed by atoms with Gasteiger partial charge in [0.05, 0.1) is 39.4 Å². The Hall–Kier alpha value is -9.80. The van der Waals surface area contributed by atoms with Crippen molar-refractivity contribution in [3.05, 3.63) is 226 Å². The van der Waals surface area contributed by atoms with Crippen molar-refractivity contribution < 1.29 is 137 Å². The summed E-state index contributed by atoms with van der Waals surface area (Å²) in [4.78, 5) is 97.0. The van der Waals surface area contributed by atoms with Crippen molar-refractivity contribution in [3.8, 4) is 34.5 Å². The van der Waals surface area contributed by atoms with Crippen molar-refractivity contribution in [2.45, 2.75) is 123 Å². The van der Waals surface area contributed by atoms with Gasteiger partial charge in [0.25, 0.3) is 0 Å². The molecule has 12 rings (SSSR count). The van der Waals surface area contributed by atoms with E-state index in [1.807, 2.05) is 6.92 Å². The fourth-order valence-electron chi connectivity index (χ4n) is 10.1. The minimum atomic E-state index is -4.69. The monoisotopic (exact) mass is 1610 g/mol. The average molecular weight is 1610 g/mol. The summed E-state index contributed by atoms with van der Waals surface area (Å²) in [6, 6.07) is 41.8. The number of thioether (sulfide) groups is 4. The summed E-state index contributed by atoms with van der Waals surface area (Å²) in [6.45, 7) is 1.88. The van der Waals surface area contributed by atoms with Crippen LogP contribution in [0.15, 0.2) is 196 Å². The molecule has 0 aromatic heterocycles. The van der Waals surface area contributed by atoms with Crippen LogP contribution in [-0.2, 0) is 0 Å². The Balaban J connectivity index is 0.000000168. The number of alkyl halides is 16. The number of halogens is 16. The van der Waals surface area contributed by atoms with Gasteiger partial charge in [-0.25, -0.2) is 0 Å². The molecule has 4 heterocycles. The number of Topliss-reactive ketones (excluding diaryl/α,β-unsaturated/α-hetero) is 8. The Labute approximate surface area is 625 Å². The molecule has 0 amide bonds. The third-order valence-corrected chi connectivity index (χ3v) is 20.1. The van der Waals surface area contributed by atoms with Gasteiger partial charge in [-0.05, 0) is 127 Å². The molecule has 34 heteroatoms. The van der Waals surface area contributed by atoms with Crippen molar-refractivity contribution in [2.75, 3.05) is 14.2 Å². The molecule has 0 atom stereocenters. The van der Waals surface area contributed by atoms with Gasteiger partial charge in [0, 0.05) is 90.3 Å². The van der Waals surface area contributed by atoms with Crippen LogP contribution in [0.4, 0.5) is 70.2 Å². The molecule has 0 unspecified atom stereocenters. The van der Waals surface area contributed by atoms with E-state index in [1.165, 1.54) is 38.5 Å². The molecular formula is C75H54F16O14S4. The number of benzene rings is 8. The molecular weight excluding hydrogens is 1560 g/mol. The second kappa shape index (κ2) is 33.6. The quantitative estimate of drug-likeness (QED) is 0.0459. The van der Waals surface area contributed by atoms with Gasteiger partial charge in [0.1, 0.15) is 34.5 Å². The largest absolute Gasteiger partial charge is 0.497 e. The van der Waals surface area contributed by atoms with Gasteiger partial charge in [-0.15, -0.1) is 0 Å². The van der Waals surface area contributed by atoms with Gasteiger partial charge in [0.15, 0.2) is 46.3 Å². The van der Waals surface area contributed by atoms with Crippen molar-refractivity contribution >= 4 is 93.3 Å². The fourth-order valence-corrected chi connectivity index (χ4v) is 13.1. The standard InChI is InChI=1S/2C19H14F4O4S.C19H14F4O3S.C18H12F4O3S/c1-26-13-4-2-3-11(9-13)14(24)6-7-15(25)12-5-8-17-16(10-12)27-18(20,21)19(22,23)28-17;1-26-15-5-3-2-4-12(15)14(25)8-7-13(24)11-6-9-17-16(10-11)27-18(20,21)19(22,23)28-17;1-11-2-4-12(5-3-11)14(24)7-8-15(25)13-6-9-17-16(10-13)26-18(20,21)19(22,23)27-17;19-17(20)18(21,22)26-16-9-6-12(10-15(16)25-17)14(24)8-7-13(23)11-4-2-1-3-5-11/h2-5,8-10H,6-7H2,1H3;2-6,9-10H,7-8H2,1H3;2-6,9-10H,7-8H2,1H3;1-6,9-10H,7-8H2. The van der Waals surface area contributed by atoms with E-state index in [4.69, 9.17) is 9.47 Å². The first-order valence-corrected chi connectivity index (χ1v) is 35.1. The Bertz CT molecular complexity index is 4790. The summed E-state index contributed by atoms with van der Waals surface area (Å²) >= 11 is -1.28. The highest BCUT2D eigenvalue weighted by atomic mass is 32.2. The van der Waals surface area contributed by atoms with Gasteiger partial charge >= 0.3 is 45.5 Å². The van der Waals surface area contributed by atoms with Crippen LogP contribution in [0.25, 0.3) is 0 Å². The number of hydrogen-bond acceptors (Lipinski definition) is 18. The number of para-hydroxylation sites is 1. The highest BCUT2D eigenvalue weighted by molar-refractivity contribution is 8.01. The maximum Gasteiger partial charge on any atom is 0.475 e. The number of ether oxygens (including phenoxy) is 6. The highest BCUT2D eigenvalue weighted by Gasteiger charge is 2.66. The molecule has 0 aliphatic carbocycles. The van der Waals surface area contributed by atoms with Gasteiger partial charge in [-0.1, -0.05) is 109 Å². The van der Waals surface area contributed by atoms with Gasteiger partial charge in [0.2, 0.25) is 0 Å². The maximum absolute atomic E-state index is 13.4. The van der Waals surface area contributed by atoms with E-state index in [9.17, 15) is 109 Å². The first-order chi connectivity index (χ1) is 51.1. The molecule has 574 valence electrons. The van der Waals surface area contributed by atoms with E-state index in [2.05, 4.69) is 18.9 Å². The Morgan fingerprint density at radius 2 is 0.560 bits per heavy atom. The number of ketones is 8. The lowest BCUT2D eigenvalue weighted by atomic mass is 10.0. The highest BCUT2D eigenvalue weighted by Crippen LogP contribution is 2.58. The Morgan fingerprint density at radius 3 is 0.881 bits per heavy atom. The van der Waals surface area contributed by atoms with E-state index < -0.39 is 91.6 Å². The minimum Gasteiger partial charge on any atom is -0.497 e. The zero-order chi connectivity index (χ0) is 79.8.